The monoisotopic (exact) mass is 202 g/mol. The lowest BCUT2D eigenvalue weighted by Crippen LogP contribution is -2.10. The van der Waals surface area contributed by atoms with Gasteiger partial charge < -0.3 is 0 Å². The van der Waals surface area contributed by atoms with Gasteiger partial charge in [-0.3, -0.25) is 9.59 Å². The van der Waals surface area contributed by atoms with Crippen molar-refractivity contribution >= 4 is 11.6 Å². The van der Waals surface area contributed by atoms with Gasteiger partial charge in [-0.2, -0.15) is 0 Å². The molecule has 0 N–H and O–H groups in total. The quantitative estimate of drug-likeness (QED) is 0.418. The summed E-state index contributed by atoms with van der Waals surface area (Å²) in [5.41, 5.74) is 0.448. The molecule has 0 aromatic heterocycles. The van der Waals surface area contributed by atoms with Gasteiger partial charge in [-0.05, 0) is 12.5 Å². The van der Waals surface area contributed by atoms with Gasteiger partial charge in [0.1, 0.15) is 0 Å². The fourth-order valence-electron chi connectivity index (χ4n) is 1.16. The Bertz CT molecular complexity index is 363. The molecule has 1 rings (SSSR count). The van der Waals surface area contributed by atoms with Crippen LogP contribution in [0.1, 0.15) is 30.1 Å². The van der Waals surface area contributed by atoms with Crippen LogP contribution in [0.25, 0.3) is 0 Å². The van der Waals surface area contributed by atoms with E-state index in [1.807, 2.05) is 13.0 Å². The second kappa shape index (κ2) is 5.91. The first-order chi connectivity index (χ1) is 7.25. The maximum absolute atomic E-state index is 11.5. The average Bonchev–Trinajstić information content (AvgIpc) is 2.29. The van der Waals surface area contributed by atoms with Crippen molar-refractivity contribution in [2.24, 2.45) is 0 Å². The summed E-state index contributed by atoms with van der Waals surface area (Å²) in [6, 6.07) is 8.60. The van der Waals surface area contributed by atoms with Gasteiger partial charge in [0.2, 0.25) is 11.6 Å². The number of benzene rings is 1. The molecule has 0 heterocycles. The number of Topliss-reactive ketones (excluding diaryl/α,β-unsaturated/α-hetero) is 1. The molecule has 15 heavy (non-hydrogen) atoms. The van der Waals surface area contributed by atoms with Crippen molar-refractivity contribution in [2.45, 2.75) is 19.8 Å². The van der Waals surface area contributed by atoms with E-state index >= 15 is 0 Å². The number of rotatable bonds is 5. The van der Waals surface area contributed by atoms with Crippen LogP contribution >= 0.6 is 0 Å². The summed E-state index contributed by atoms with van der Waals surface area (Å²) in [6.45, 7) is 2.02. The average molecular weight is 202 g/mol. The van der Waals surface area contributed by atoms with E-state index in [9.17, 15) is 9.59 Å². The molecule has 0 amide bonds. The van der Waals surface area contributed by atoms with Crippen molar-refractivity contribution in [3.8, 4) is 0 Å². The molecular formula is C13H14O2. The van der Waals surface area contributed by atoms with Gasteiger partial charge in [0.05, 0.1) is 0 Å². The molecule has 1 aromatic rings. The highest BCUT2D eigenvalue weighted by Gasteiger charge is 2.11. The zero-order valence-corrected chi connectivity index (χ0v) is 8.77. The molecule has 2 heteroatoms. The van der Waals surface area contributed by atoms with E-state index in [1.165, 1.54) is 6.08 Å². The van der Waals surface area contributed by atoms with Gasteiger partial charge in [0, 0.05) is 5.56 Å². The maximum Gasteiger partial charge on any atom is 0.232 e. The van der Waals surface area contributed by atoms with E-state index in [0.29, 0.717) is 5.56 Å². The molecule has 0 unspecified atom stereocenters. The van der Waals surface area contributed by atoms with Crippen LogP contribution in [0.5, 0.6) is 0 Å². The van der Waals surface area contributed by atoms with Crippen LogP contribution in [0.15, 0.2) is 42.5 Å². The van der Waals surface area contributed by atoms with Crippen LogP contribution in [0, 0.1) is 0 Å². The van der Waals surface area contributed by atoms with E-state index < -0.39 is 11.6 Å². The Morgan fingerprint density at radius 1 is 1.20 bits per heavy atom. The van der Waals surface area contributed by atoms with E-state index in [4.69, 9.17) is 0 Å². The van der Waals surface area contributed by atoms with Gasteiger partial charge in [0.15, 0.2) is 0 Å². The van der Waals surface area contributed by atoms with E-state index in [2.05, 4.69) is 0 Å². The highest BCUT2D eigenvalue weighted by molar-refractivity contribution is 6.47. The second-order valence-corrected chi connectivity index (χ2v) is 3.25. The van der Waals surface area contributed by atoms with Crippen LogP contribution < -0.4 is 0 Å². The lowest BCUT2D eigenvalue weighted by Gasteiger charge is -1.95. The van der Waals surface area contributed by atoms with Crippen LogP contribution in [0.3, 0.4) is 0 Å². The lowest BCUT2D eigenvalue weighted by atomic mass is 10.1. The molecule has 78 valence electrons. The zero-order valence-electron chi connectivity index (χ0n) is 8.77. The van der Waals surface area contributed by atoms with E-state index in [-0.39, 0.29) is 0 Å². The molecule has 0 aliphatic heterocycles. The summed E-state index contributed by atoms with van der Waals surface area (Å²) in [4.78, 5) is 22.9. The number of hydrogen-bond donors (Lipinski definition) is 0. The maximum atomic E-state index is 11.5. The molecule has 0 fully saturated rings. The van der Waals surface area contributed by atoms with E-state index in [0.717, 1.165) is 12.8 Å². The summed E-state index contributed by atoms with van der Waals surface area (Å²) in [5.74, 6) is -0.891. The standard InChI is InChI=1S/C13H14O2/c1-2-3-5-10-12(14)13(15)11-8-6-4-7-9-11/h4-10H,2-3H2,1H3. The topological polar surface area (TPSA) is 34.1 Å². The third-order valence-corrected chi connectivity index (χ3v) is 1.98. The number of unbranched alkanes of at least 4 members (excludes halogenated alkanes) is 1. The van der Waals surface area contributed by atoms with Gasteiger partial charge in [-0.25, -0.2) is 0 Å². The Morgan fingerprint density at radius 2 is 1.87 bits per heavy atom. The summed E-state index contributed by atoms with van der Waals surface area (Å²) >= 11 is 0. The molecule has 0 bridgehead atoms. The minimum atomic E-state index is -0.449. The summed E-state index contributed by atoms with van der Waals surface area (Å²) < 4.78 is 0. The van der Waals surface area contributed by atoms with Crippen LogP contribution in [0.4, 0.5) is 0 Å². The molecule has 0 saturated carbocycles. The van der Waals surface area contributed by atoms with Crippen molar-refractivity contribution in [1.29, 1.82) is 0 Å². The summed E-state index contributed by atoms with van der Waals surface area (Å²) in [5, 5.41) is 0. The first-order valence-electron chi connectivity index (χ1n) is 5.06. The van der Waals surface area contributed by atoms with Gasteiger partial charge in [-0.15, -0.1) is 0 Å². The molecule has 2 nitrogen and oxygen atoms in total. The molecule has 0 spiro atoms. The highest BCUT2D eigenvalue weighted by atomic mass is 16.2. The Labute approximate surface area is 89.6 Å². The minimum Gasteiger partial charge on any atom is -0.286 e. The number of carbonyl (C=O) groups excluding carboxylic acids is 2. The van der Waals surface area contributed by atoms with E-state index in [1.54, 1.807) is 30.3 Å². The smallest absolute Gasteiger partial charge is 0.232 e. The summed E-state index contributed by atoms with van der Waals surface area (Å²) in [7, 11) is 0. The number of ketones is 2. The van der Waals surface area contributed by atoms with Crippen molar-refractivity contribution in [3.63, 3.8) is 0 Å². The Hall–Kier alpha value is -1.70. The van der Waals surface area contributed by atoms with Gasteiger partial charge in [0.25, 0.3) is 0 Å². The molecule has 0 aliphatic carbocycles. The van der Waals surface area contributed by atoms with Crippen molar-refractivity contribution < 1.29 is 9.59 Å². The minimum absolute atomic E-state index is 0.442. The fraction of sp³-hybridized carbons (Fsp3) is 0.231. The molecular weight excluding hydrogens is 188 g/mol. The molecule has 0 radical (unpaired) electrons. The zero-order chi connectivity index (χ0) is 11.1. The van der Waals surface area contributed by atoms with Crippen molar-refractivity contribution in [1.82, 2.24) is 0 Å². The Kier molecular flexibility index (Phi) is 4.48. The van der Waals surface area contributed by atoms with Crippen molar-refractivity contribution in [2.75, 3.05) is 0 Å². The molecule has 0 saturated heterocycles. The number of hydrogen-bond acceptors (Lipinski definition) is 2. The first kappa shape index (κ1) is 11.4. The molecule has 0 atom stereocenters. The predicted octanol–water partition coefficient (Wildman–Crippen LogP) is 2.79. The normalized spacial score (nSPS) is 10.5. The Morgan fingerprint density at radius 3 is 2.47 bits per heavy atom. The number of carbonyl (C=O) groups is 2. The molecule has 0 aliphatic rings. The third kappa shape index (κ3) is 3.50. The number of allylic oxidation sites excluding steroid dienone is 2. The second-order valence-electron chi connectivity index (χ2n) is 3.25. The summed E-state index contributed by atoms with van der Waals surface area (Å²) in [6.07, 6.45) is 4.90. The predicted molar refractivity (Wildman–Crippen MR) is 59.8 cm³/mol. The largest absolute Gasteiger partial charge is 0.286 e. The third-order valence-electron chi connectivity index (χ3n) is 1.98. The van der Waals surface area contributed by atoms with Crippen LogP contribution in [-0.4, -0.2) is 11.6 Å². The van der Waals surface area contributed by atoms with Gasteiger partial charge >= 0.3 is 0 Å². The highest BCUT2D eigenvalue weighted by Crippen LogP contribution is 2.01. The Balaban J connectivity index is 2.66. The van der Waals surface area contributed by atoms with Crippen LogP contribution in [0.2, 0.25) is 0 Å². The van der Waals surface area contributed by atoms with Crippen LogP contribution in [-0.2, 0) is 4.79 Å². The first-order valence-corrected chi connectivity index (χ1v) is 5.06. The van der Waals surface area contributed by atoms with Crippen molar-refractivity contribution in [3.05, 3.63) is 48.0 Å². The molecule has 1 aromatic carbocycles. The van der Waals surface area contributed by atoms with Gasteiger partial charge in [-0.1, -0.05) is 49.8 Å². The SMILES string of the molecule is CCCC=CC(=O)C(=O)c1ccccc1. The lowest BCUT2D eigenvalue weighted by molar-refractivity contribution is -0.110. The fourth-order valence-corrected chi connectivity index (χ4v) is 1.16.